The minimum Gasteiger partial charge on any atom is -0.496 e. The van der Waals surface area contributed by atoms with Crippen molar-refractivity contribution in [2.24, 2.45) is 5.92 Å². The van der Waals surface area contributed by atoms with Gasteiger partial charge in [-0.2, -0.15) is 13.2 Å². The fraction of sp³-hybridized carbons (Fsp3) is 0.462. The molecule has 2 aromatic rings. The Morgan fingerprint density at radius 2 is 1.79 bits per heavy atom. The minimum atomic E-state index is -4.52. The maximum absolute atomic E-state index is 13.5. The molecule has 0 aromatic heterocycles. The van der Waals surface area contributed by atoms with Gasteiger partial charge < -0.3 is 14.4 Å². The lowest BCUT2D eigenvalue weighted by atomic mass is 9.92. The third-order valence-corrected chi connectivity index (χ3v) is 6.07. The molecule has 1 amide bonds. The third kappa shape index (κ3) is 5.72. The van der Waals surface area contributed by atoms with Gasteiger partial charge in [0.1, 0.15) is 5.75 Å². The van der Waals surface area contributed by atoms with Gasteiger partial charge in [0.2, 0.25) is 5.91 Å². The van der Waals surface area contributed by atoms with Gasteiger partial charge in [0.15, 0.2) is 0 Å². The Bertz CT molecular complexity index is 1050. The van der Waals surface area contributed by atoms with Crippen LogP contribution in [-0.2, 0) is 27.0 Å². The quantitative estimate of drug-likeness (QED) is 0.428. The van der Waals surface area contributed by atoms with Gasteiger partial charge in [0.25, 0.3) is 0 Å². The predicted molar refractivity (Wildman–Crippen MR) is 122 cm³/mol. The second-order valence-electron chi connectivity index (χ2n) is 8.43. The SMILES string of the molecule is CCOC(=O)C(C)c1ccc(OC)c(-c2ccc(C(F)(F)F)cc2CN(CC)C(=O)C2CC2)c1. The number of amides is 1. The summed E-state index contributed by atoms with van der Waals surface area (Å²) in [6.07, 6.45) is -2.89. The standard InChI is InChI=1S/C26H30F3NO4/c1-5-30(24(31)17-7-8-17)15-19-13-20(26(27,28)29)10-11-21(19)22-14-18(9-12-23(22)33-4)16(3)25(32)34-6-2/h9-14,16-17H,5-8,15H2,1-4H3. The molecule has 1 unspecified atom stereocenters. The second-order valence-corrected chi connectivity index (χ2v) is 8.43. The summed E-state index contributed by atoms with van der Waals surface area (Å²) in [5.74, 6) is -0.582. The van der Waals surface area contributed by atoms with Gasteiger partial charge in [-0.25, -0.2) is 0 Å². The van der Waals surface area contributed by atoms with E-state index in [-0.39, 0.29) is 25.0 Å². The van der Waals surface area contributed by atoms with Gasteiger partial charge >= 0.3 is 12.1 Å². The molecule has 1 aliphatic carbocycles. The lowest BCUT2D eigenvalue weighted by Gasteiger charge is -2.24. The van der Waals surface area contributed by atoms with E-state index in [2.05, 4.69) is 0 Å². The monoisotopic (exact) mass is 477 g/mol. The number of hydrogen-bond donors (Lipinski definition) is 0. The van der Waals surface area contributed by atoms with Crippen LogP contribution in [0.15, 0.2) is 36.4 Å². The van der Waals surface area contributed by atoms with Crippen LogP contribution in [0.1, 0.15) is 56.2 Å². The van der Waals surface area contributed by atoms with Crippen LogP contribution < -0.4 is 4.74 Å². The van der Waals surface area contributed by atoms with Crippen LogP contribution in [0.2, 0.25) is 0 Å². The molecule has 1 saturated carbocycles. The summed E-state index contributed by atoms with van der Waals surface area (Å²) in [5, 5.41) is 0. The number of ether oxygens (including phenoxy) is 2. The van der Waals surface area contributed by atoms with E-state index in [0.29, 0.717) is 34.5 Å². The normalized spacial score (nSPS) is 14.4. The van der Waals surface area contributed by atoms with Crippen LogP contribution >= 0.6 is 0 Å². The Hall–Kier alpha value is -3.03. The molecule has 1 fully saturated rings. The lowest BCUT2D eigenvalue weighted by molar-refractivity contribution is -0.144. The summed E-state index contributed by atoms with van der Waals surface area (Å²) >= 11 is 0. The first-order chi connectivity index (χ1) is 16.1. The van der Waals surface area contributed by atoms with Crippen LogP contribution in [-0.4, -0.2) is 37.0 Å². The number of alkyl halides is 3. The van der Waals surface area contributed by atoms with Crippen molar-refractivity contribution in [1.82, 2.24) is 4.90 Å². The summed E-state index contributed by atoms with van der Waals surface area (Å²) in [7, 11) is 1.48. The van der Waals surface area contributed by atoms with Crippen molar-refractivity contribution in [2.75, 3.05) is 20.3 Å². The number of carbonyl (C=O) groups excluding carboxylic acids is 2. The fourth-order valence-electron chi connectivity index (χ4n) is 3.91. The zero-order chi connectivity index (χ0) is 25.0. The molecule has 0 aliphatic heterocycles. The largest absolute Gasteiger partial charge is 0.496 e. The zero-order valence-corrected chi connectivity index (χ0v) is 19.9. The Labute approximate surface area is 197 Å². The fourth-order valence-corrected chi connectivity index (χ4v) is 3.91. The summed E-state index contributed by atoms with van der Waals surface area (Å²) < 4.78 is 51.2. The van der Waals surface area contributed by atoms with Gasteiger partial charge in [0.05, 0.1) is 25.2 Å². The van der Waals surface area contributed by atoms with Crippen LogP contribution in [0.25, 0.3) is 11.1 Å². The zero-order valence-electron chi connectivity index (χ0n) is 19.9. The molecule has 0 heterocycles. The van der Waals surface area contributed by atoms with E-state index in [9.17, 15) is 22.8 Å². The highest BCUT2D eigenvalue weighted by atomic mass is 19.4. The molecule has 0 N–H and O–H groups in total. The first-order valence-corrected chi connectivity index (χ1v) is 11.4. The molecule has 2 aromatic carbocycles. The highest BCUT2D eigenvalue weighted by Gasteiger charge is 2.34. The van der Waals surface area contributed by atoms with Crippen LogP contribution in [0, 0.1) is 5.92 Å². The van der Waals surface area contributed by atoms with E-state index in [1.807, 2.05) is 6.92 Å². The first kappa shape index (κ1) is 25.6. The summed E-state index contributed by atoms with van der Waals surface area (Å²) in [6, 6.07) is 8.70. The van der Waals surface area contributed by atoms with E-state index >= 15 is 0 Å². The minimum absolute atomic E-state index is 0.0393. The number of nitrogens with zero attached hydrogens (tertiary/aromatic N) is 1. The second kappa shape index (κ2) is 10.5. The van der Waals surface area contributed by atoms with Crippen molar-refractivity contribution in [1.29, 1.82) is 0 Å². The van der Waals surface area contributed by atoms with Crippen molar-refractivity contribution in [3.05, 3.63) is 53.1 Å². The van der Waals surface area contributed by atoms with Crippen LogP contribution in [0.5, 0.6) is 5.75 Å². The summed E-state index contributed by atoms with van der Waals surface area (Å²) in [5.41, 5.74) is 1.31. The van der Waals surface area contributed by atoms with E-state index in [4.69, 9.17) is 9.47 Å². The number of halogens is 3. The number of benzene rings is 2. The number of hydrogen-bond acceptors (Lipinski definition) is 4. The molecule has 1 atom stereocenters. The van der Waals surface area contributed by atoms with Gasteiger partial charge in [-0.3, -0.25) is 9.59 Å². The first-order valence-electron chi connectivity index (χ1n) is 11.4. The molecule has 3 rings (SSSR count). The van der Waals surface area contributed by atoms with Gasteiger partial charge in [-0.05, 0) is 74.6 Å². The van der Waals surface area contributed by atoms with Crippen LogP contribution in [0.3, 0.4) is 0 Å². The van der Waals surface area contributed by atoms with E-state index < -0.39 is 23.6 Å². The van der Waals surface area contributed by atoms with Crippen molar-refractivity contribution < 1.29 is 32.2 Å². The maximum atomic E-state index is 13.5. The van der Waals surface area contributed by atoms with Crippen LogP contribution in [0.4, 0.5) is 13.2 Å². The lowest BCUT2D eigenvalue weighted by Crippen LogP contribution is -2.31. The highest BCUT2D eigenvalue weighted by molar-refractivity contribution is 5.82. The molecule has 1 aliphatic rings. The van der Waals surface area contributed by atoms with E-state index in [0.717, 1.165) is 25.0 Å². The molecule has 8 heteroatoms. The highest BCUT2D eigenvalue weighted by Crippen LogP contribution is 2.39. The van der Waals surface area contributed by atoms with Gasteiger partial charge in [0, 0.05) is 24.6 Å². The summed E-state index contributed by atoms with van der Waals surface area (Å²) in [4.78, 5) is 26.6. The molecular formula is C26H30F3NO4. The van der Waals surface area contributed by atoms with E-state index in [1.165, 1.54) is 13.2 Å². The van der Waals surface area contributed by atoms with E-state index in [1.54, 1.807) is 36.9 Å². The number of rotatable bonds is 9. The average Bonchev–Trinajstić information content (AvgIpc) is 3.66. The van der Waals surface area contributed by atoms with Crippen molar-refractivity contribution >= 4 is 11.9 Å². The molecule has 0 spiro atoms. The third-order valence-electron chi connectivity index (χ3n) is 6.07. The molecule has 0 bridgehead atoms. The van der Waals surface area contributed by atoms with Crippen molar-refractivity contribution in [2.45, 2.75) is 52.3 Å². The van der Waals surface area contributed by atoms with Crippen molar-refractivity contribution in [3.8, 4) is 16.9 Å². The molecular weight excluding hydrogens is 447 g/mol. The van der Waals surface area contributed by atoms with Gasteiger partial charge in [-0.15, -0.1) is 0 Å². The molecule has 5 nitrogen and oxygen atoms in total. The Morgan fingerprint density at radius 1 is 1.09 bits per heavy atom. The number of methoxy groups -OCH3 is 1. The molecule has 0 saturated heterocycles. The van der Waals surface area contributed by atoms with Crippen molar-refractivity contribution in [3.63, 3.8) is 0 Å². The maximum Gasteiger partial charge on any atom is 0.416 e. The summed E-state index contributed by atoms with van der Waals surface area (Å²) in [6.45, 7) is 5.94. The number of esters is 1. The molecule has 34 heavy (non-hydrogen) atoms. The Kier molecular flexibility index (Phi) is 7.89. The Balaban J connectivity index is 2.10. The topological polar surface area (TPSA) is 55.8 Å². The molecule has 0 radical (unpaired) electrons. The Morgan fingerprint density at radius 3 is 2.35 bits per heavy atom. The van der Waals surface area contributed by atoms with Gasteiger partial charge in [-0.1, -0.05) is 12.1 Å². The average molecular weight is 478 g/mol. The smallest absolute Gasteiger partial charge is 0.416 e. The number of carbonyl (C=O) groups is 2. The predicted octanol–water partition coefficient (Wildman–Crippen LogP) is 5.81. The molecule has 184 valence electrons.